The Morgan fingerprint density at radius 2 is 1.24 bits per heavy atom. The first kappa shape index (κ1) is 23.8. The van der Waals surface area contributed by atoms with Gasteiger partial charge in [-0.3, -0.25) is 9.59 Å². The number of nitrogens with zero attached hydrogens (tertiary/aromatic N) is 6. The van der Waals surface area contributed by atoms with Crippen molar-refractivity contribution in [2.24, 2.45) is 16.1 Å². The smallest absolute Gasteiger partial charge is 0.307 e. The lowest BCUT2D eigenvalue weighted by Gasteiger charge is -2.22. The summed E-state index contributed by atoms with van der Waals surface area (Å²) in [5.41, 5.74) is 20.5. The van der Waals surface area contributed by atoms with Crippen LogP contribution in [0.25, 0.3) is 33.0 Å². The Morgan fingerprint density at radius 1 is 0.824 bits per heavy atom. The maximum absolute atomic E-state index is 12.9. The summed E-state index contributed by atoms with van der Waals surface area (Å²) in [6, 6.07) is 13.8. The van der Waals surface area contributed by atoms with E-state index >= 15 is 0 Å². The monoisotopic (exact) mass is 452 g/mol. The van der Waals surface area contributed by atoms with E-state index in [1.807, 2.05) is 0 Å². The first-order valence-electron chi connectivity index (χ1n) is 10.3. The van der Waals surface area contributed by atoms with E-state index in [-0.39, 0.29) is 18.6 Å². The predicted molar refractivity (Wildman–Crippen MR) is 130 cm³/mol. The van der Waals surface area contributed by atoms with E-state index in [0.717, 1.165) is 11.1 Å². The third-order valence-electron chi connectivity index (χ3n) is 5.14. The largest absolute Gasteiger partial charge is 0.481 e. The Bertz CT molecular complexity index is 1200. The fraction of sp³-hybridized carbons (Fsp3) is 0.120. The molecule has 1 aliphatic rings. The van der Waals surface area contributed by atoms with Crippen LogP contribution in [0.3, 0.4) is 0 Å². The highest BCUT2D eigenvalue weighted by Crippen LogP contribution is 2.30. The van der Waals surface area contributed by atoms with Crippen LogP contribution in [0.4, 0.5) is 11.4 Å². The van der Waals surface area contributed by atoms with Crippen molar-refractivity contribution in [1.29, 1.82) is 0 Å². The van der Waals surface area contributed by atoms with Crippen molar-refractivity contribution >= 4 is 35.3 Å². The molecular formula is C25H20N6O3. The van der Waals surface area contributed by atoms with Gasteiger partial charge in [0.25, 0.3) is 0 Å². The van der Waals surface area contributed by atoms with Crippen molar-refractivity contribution in [3.05, 3.63) is 116 Å². The second kappa shape index (κ2) is 11.7. The van der Waals surface area contributed by atoms with Gasteiger partial charge in [-0.05, 0) is 35.0 Å². The zero-order chi connectivity index (χ0) is 24.3. The van der Waals surface area contributed by atoms with E-state index in [1.54, 1.807) is 85.0 Å². The molecule has 3 rings (SSSR count). The summed E-state index contributed by atoms with van der Waals surface area (Å²) in [6.07, 6.45) is 10.6. The maximum atomic E-state index is 12.9. The summed E-state index contributed by atoms with van der Waals surface area (Å²) in [4.78, 5) is 30.0. The highest BCUT2D eigenvalue weighted by Gasteiger charge is 2.31. The van der Waals surface area contributed by atoms with Crippen LogP contribution in [0.15, 0.2) is 94.2 Å². The number of aliphatic carboxylic acids is 1. The van der Waals surface area contributed by atoms with E-state index in [9.17, 15) is 14.7 Å². The molecule has 0 atom stereocenters. The number of carboxylic acids is 1. The lowest BCUT2D eigenvalue weighted by molar-refractivity contribution is -0.142. The Hall–Kier alpha value is -4.84. The van der Waals surface area contributed by atoms with Gasteiger partial charge in [0.1, 0.15) is 0 Å². The van der Waals surface area contributed by atoms with E-state index in [1.165, 1.54) is 0 Å². The predicted octanol–water partition coefficient (Wildman–Crippen LogP) is 7.21. The van der Waals surface area contributed by atoms with Crippen molar-refractivity contribution in [2.45, 2.75) is 12.8 Å². The molecule has 0 amide bonds. The number of allylic oxidation sites excluding steroid dienone is 6. The standard InChI is InChI=1S/C25H20N6O3/c26-30-28-22-11-7-17(8-12-22)3-1-5-19-15-21(25(33)34)16-20(24(19)32)6-2-4-18-9-13-23(14-10-18)29-31-27/h1-14,21H,15-16H2,(H,33,34). The van der Waals surface area contributed by atoms with Gasteiger partial charge >= 0.3 is 5.97 Å². The highest BCUT2D eigenvalue weighted by atomic mass is 16.4. The van der Waals surface area contributed by atoms with Gasteiger partial charge in [0.05, 0.1) is 5.92 Å². The van der Waals surface area contributed by atoms with E-state index in [4.69, 9.17) is 11.1 Å². The lowest BCUT2D eigenvalue weighted by atomic mass is 9.80. The van der Waals surface area contributed by atoms with Gasteiger partial charge in [0.2, 0.25) is 0 Å². The summed E-state index contributed by atoms with van der Waals surface area (Å²) >= 11 is 0. The second-order valence-electron chi connectivity index (χ2n) is 7.44. The number of carbonyl (C=O) groups excluding carboxylic acids is 1. The quantitative estimate of drug-likeness (QED) is 0.204. The molecule has 0 unspecified atom stereocenters. The first-order valence-corrected chi connectivity index (χ1v) is 10.3. The summed E-state index contributed by atoms with van der Waals surface area (Å²) in [5, 5.41) is 16.6. The van der Waals surface area contributed by atoms with Crippen molar-refractivity contribution < 1.29 is 14.7 Å². The number of azide groups is 2. The number of hydrogen-bond acceptors (Lipinski definition) is 4. The zero-order valence-corrected chi connectivity index (χ0v) is 18.0. The molecule has 2 aromatic rings. The molecule has 2 aromatic carbocycles. The fourth-order valence-corrected chi connectivity index (χ4v) is 3.42. The lowest BCUT2D eigenvalue weighted by Crippen LogP contribution is -2.25. The molecule has 0 radical (unpaired) electrons. The van der Waals surface area contributed by atoms with Gasteiger partial charge in [-0.15, -0.1) is 0 Å². The zero-order valence-electron chi connectivity index (χ0n) is 18.0. The second-order valence-corrected chi connectivity index (χ2v) is 7.44. The average molecular weight is 452 g/mol. The molecule has 1 fully saturated rings. The molecule has 1 saturated carbocycles. The van der Waals surface area contributed by atoms with Crippen LogP contribution in [-0.4, -0.2) is 16.9 Å². The first-order chi connectivity index (χ1) is 16.5. The number of Topliss-reactive ketones (excluding diaryl/α,β-unsaturated/α-hetero) is 1. The number of carboxylic acid groups (broad SMARTS) is 1. The fourth-order valence-electron chi connectivity index (χ4n) is 3.42. The highest BCUT2D eigenvalue weighted by molar-refractivity contribution is 6.10. The molecule has 1 N–H and O–H groups in total. The molecular weight excluding hydrogens is 432 g/mol. The van der Waals surface area contributed by atoms with Gasteiger partial charge in [-0.2, -0.15) is 0 Å². The van der Waals surface area contributed by atoms with E-state index < -0.39 is 11.9 Å². The number of carbonyl (C=O) groups is 2. The van der Waals surface area contributed by atoms with Crippen LogP contribution in [0.5, 0.6) is 0 Å². The minimum absolute atomic E-state index is 0.163. The Kier molecular flexibility index (Phi) is 8.19. The Morgan fingerprint density at radius 3 is 1.59 bits per heavy atom. The van der Waals surface area contributed by atoms with Crippen molar-refractivity contribution in [1.82, 2.24) is 0 Å². The molecule has 0 spiro atoms. The molecule has 9 heteroatoms. The molecule has 0 saturated heterocycles. The van der Waals surface area contributed by atoms with Gasteiger partial charge in [0.15, 0.2) is 5.78 Å². The SMILES string of the molecule is [N-]=[N+]=Nc1ccc(C=CC=C2CC(C(=O)O)CC(=CC=Cc3ccc(N=[N+]=[N-])cc3)C2=O)cc1. The van der Waals surface area contributed by atoms with Crippen LogP contribution in [0, 0.1) is 5.92 Å². The van der Waals surface area contributed by atoms with Crippen molar-refractivity contribution in [3.63, 3.8) is 0 Å². The molecule has 0 bridgehead atoms. The molecule has 9 nitrogen and oxygen atoms in total. The molecule has 0 heterocycles. The van der Waals surface area contributed by atoms with Gasteiger partial charge in [-0.25, -0.2) is 0 Å². The van der Waals surface area contributed by atoms with E-state index in [0.29, 0.717) is 22.5 Å². The number of ketones is 1. The van der Waals surface area contributed by atoms with Crippen LogP contribution in [0.2, 0.25) is 0 Å². The van der Waals surface area contributed by atoms with Crippen LogP contribution in [-0.2, 0) is 9.59 Å². The third-order valence-corrected chi connectivity index (χ3v) is 5.14. The van der Waals surface area contributed by atoms with Crippen LogP contribution in [0.1, 0.15) is 24.0 Å². The van der Waals surface area contributed by atoms with Gasteiger partial charge < -0.3 is 5.11 Å². The third kappa shape index (κ3) is 6.58. The van der Waals surface area contributed by atoms with Crippen LogP contribution < -0.4 is 0 Å². The van der Waals surface area contributed by atoms with Gasteiger partial charge in [-0.1, -0.05) is 95.2 Å². The average Bonchev–Trinajstić information content (AvgIpc) is 2.83. The summed E-state index contributed by atoms with van der Waals surface area (Å²) < 4.78 is 0. The Balaban J connectivity index is 1.77. The molecule has 168 valence electrons. The molecule has 0 aromatic heterocycles. The summed E-state index contributed by atoms with van der Waals surface area (Å²) in [5.74, 6) is -1.80. The normalized spacial score (nSPS) is 18.2. The summed E-state index contributed by atoms with van der Waals surface area (Å²) in [6.45, 7) is 0. The van der Waals surface area contributed by atoms with Crippen molar-refractivity contribution in [2.75, 3.05) is 0 Å². The number of hydrogen-bond donors (Lipinski definition) is 1. The minimum atomic E-state index is -0.945. The molecule has 1 aliphatic carbocycles. The molecule has 0 aliphatic heterocycles. The van der Waals surface area contributed by atoms with Gasteiger partial charge in [0, 0.05) is 32.3 Å². The summed E-state index contributed by atoms with van der Waals surface area (Å²) in [7, 11) is 0. The topological polar surface area (TPSA) is 152 Å². The minimum Gasteiger partial charge on any atom is -0.481 e. The number of rotatable bonds is 7. The Labute approximate surface area is 195 Å². The van der Waals surface area contributed by atoms with E-state index in [2.05, 4.69) is 20.1 Å². The molecule has 34 heavy (non-hydrogen) atoms. The maximum Gasteiger partial charge on any atom is 0.307 e. The van der Waals surface area contributed by atoms with Crippen molar-refractivity contribution in [3.8, 4) is 0 Å². The number of benzene rings is 2. The van der Waals surface area contributed by atoms with Crippen LogP contribution >= 0.6 is 0 Å².